The molecular formula is C12H12Cl2N4. The van der Waals surface area contributed by atoms with E-state index < -0.39 is 0 Å². The van der Waals surface area contributed by atoms with Crippen LogP contribution in [0.4, 0.5) is 0 Å². The molecule has 1 heterocycles. The van der Waals surface area contributed by atoms with E-state index in [0.29, 0.717) is 22.2 Å². The molecule has 0 aliphatic rings. The molecule has 0 aliphatic heterocycles. The molecular weight excluding hydrogens is 271 g/mol. The number of hydrogen-bond donors (Lipinski definition) is 2. The molecule has 0 spiro atoms. The van der Waals surface area contributed by atoms with Crippen molar-refractivity contribution in [1.29, 1.82) is 5.41 Å². The summed E-state index contributed by atoms with van der Waals surface area (Å²) in [7, 11) is 0. The van der Waals surface area contributed by atoms with Gasteiger partial charge in [0.15, 0.2) is 0 Å². The van der Waals surface area contributed by atoms with Gasteiger partial charge in [-0.25, -0.2) is 0 Å². The highest BCUT2D eigenvalue weighted by atomic mass is 35.5. The Balaban J connectivity index is 2.30. The van der Waals surface area contributed by atoms with Gasteiger partial charge in [-0.15, -0.1) is 0 Å². The number of nitrogens with one attached hydrogen (secondary N) is 1. The van der Waals surface area contributed by atoms with Crippen LogP contribution in [-0.2, 0) is 6.54 Å². The molecule has 0 unspecified atom stereocenters. The monoisotopic (exact) mass is 282 g/mol. The number of nitrogen functional groups attached to an aromatic ring is 1. The molecule has 0 fully saturated rings. The van der Waals surface area contributed by atoms with E-state index in [1.807, 2.05) is 13.0 Å². The minimum Gasteiger partial charge on any atom is -0.384 e. The summed E-state index contributed by atoms with van der Waals surface area (Å²) in [5, 5.41) is 12.7. The van der Waals surface area contributed by atoms with Crippen molar-refractivity contribution < 1.29 is 0 Å². The lowest BCUT2D eigenvalue weighted by atomic mass is 10.1. The van der Waals surface area contributed by atoms with Crippen molar-refractivity contribution in [1.82, 2.24) is 9.78 Å². The Labute approximate surface area is 115 Å². The average Bonchev–Trinajstić information content (AvgIpc) is 2.63. The minimum atomic E-state index is 0.00163. The fraction of sp³-hybridized carbons (Fsp3) is 0.167. The number of rotatable bonds is 3. The maximum Gasteiger partial charge on any atom is 0.122 e. The molecule has 3 N–H and O–H groups in total. The topological polar surface area (TPSA) is 67.7 Å². The van der Waals surface area contributed by atoms with Crippen molar-refractivity contribution in [2.45, 2.75) is 13.5 Å². The van der Waals surface area contributed by atoms with E-state index in [2.05, 4.69) is 5.10 Å². The van der Waals surface area contributed by atoms with Gasteiger partial charge in [0.1, 0.15) is 5.84 Å². The first kappa shape index (κ1) is 12.9. The standard InChI is InChI=1S/C12H12Cl2N4/c1-7-11(14)5-17-18(7)6-9-3-2-8(12(15)16)4-10(9)13/h2-5H,6H2,1H3,(H3,15,16). The Morgan fingerprint density at radius 3 is 2.61 bits per heavy atom. The van der Waals surface area contributed by atoms with Crippen molar-refractivity contribution in [3.8, 4) is 0 Å². The summed E-state index contributed by atoms with van der Waals surface area (Å²) in [6.07, 6.45) is 1.61. The van der Waals surface area contributed by atoms with Crippen LogP contribution in [0.5, 0.6) is 0 Å². The van der Waals surface area contributed by atoms with Gasteiger partial charge >= 0.3 is 0 Å². The molecule has 4 nitrogen and oxygen atoms in total. The number of amidine groups is 1. The summed E-state index contributed by atoms with van der Waals surface area (Å²) in [4.78, 5) is 0. The number of aromatic nitrogens is 2. The van der Waals surface area contributed by atoms with Gasteiger partial charge in [0.2, 0.25) is 0 Å². The van der Waals surface area contributed by atoms with Crippen molar-refractivity contribution >= 4 is 29.0 Å². The van der Waals surface area contributed by atoms with E-state index in [0.717, 1.165) is 11.3 Å². The smallest absolute Gasteiger partial charge is 0.122 e. The van der Waals surface area contributed by atoms with Gasteiger partial charge in [0.05, 0.1) is 23.5 Å². The summed E-state index contributed by atoms with van der Waals surface area (Å²) in [6, 6.07) is 5.29. The normalized spacial score (nSPS) is 10.6. The minimum absolute atomic E-state index is 0.00163. The summed E-state index contributed by atoms with van der Waals surface area (Å²) < 4.78 is 1.77. The lowest BCUT2D eigenvalue weighted by molar-refractivity contribution is 0.665. The highest BCUT2D eigenvalue weighted by molar-refractivity contribution is 6.32. The van der Waals surface area contributed by atoms with Crippen LogP contribution in [0, 0.1) is 12.3 Å². The van der Waals surface area contributed by atoms with Gasteiger partial charge in [-0.3, -0.25) is 10.1 Å². The maximum atomic E-state index is 7.35. The van der Waals surface area contributed by atoms with Gasteiger partial charge in [0, 0.05) is 10.6 Å². The van der Waals surface area contributed by atoms with Gasteiger partial charge in [0.25, 0.3) is 0 Å². The number of halogens is 2. The molecule has 1 aromatic carbocycles. The number of nitrogens with zero attached hydrogens (tertiary/aromatic N) is 2. The quantitative estimate of drug-likeness (QED) is 0.671. The van der Waals surface area contributed by atoms with Crippen LogP contribution in [0.25, 0.3) is 0 Å². The van der Waals surface area contributed by atoms with E-state index in [1.165, 1.54) is 0 Å². The first-order valence-electron chi connectivity index (χ1n) is 5.29. The van der Waals surface area contributed by atoms with Crippen molar-refractivity contribution in [3.63, 3.8) is 0 Å². The molecule has 0 saturated heterocycles. The number of hydrogen-bond acceptors (Lipinski definition) is 2. The van der Waals surface area contributed by atoms with Gasteiger partial charge < -0.3 is 5.73 Å². The molecule has 0 bridgehead atoms. The molecule has 1 aromatic heterocycles. The van der Waals surface area contributed by atoms with E-state index in [9.17, 15) is 0 Å². The molecule has 0 amide bonds. The highest BCUT2D eigenvalue weighted by Crippen LogP contribution is 2.21. The maximum absolute atomic E-state index is 7.35. The second-order valence-corrected chi connectivity index (χ2v) is 4.77. The molecule has 94 valence electrons. The molecule has 2 aromatic rings. The molecule has 0 saturated carbocycles. The van der Waals surface area contributed by atoms with Crippen LogP contribution in [-0.4, -0.2) is 15.6 Å². The molecule has 2 rings (SSSR count). The second kappa shape index (κ2) is 5.00. The van der Waals surface area contributed by atoms with Crippen LogP contribution in [0.15, 0.2) is 24.4 Å². The van der Waals surface area contributed by atoms with Crippen molar-refractivity contribution in [3.05, 3.63) is 51.3 Å². The summed E-state index contributed by atoms with van der Waals surface area (Å²) in [6.45, 7) is 2.43. The second-order valence-electron chi connectivity index (χ2n) is 3.96. The Bertz CT molecular complexity index is 604. The number of benzene rings is 1. The van der Waals surface area contributed by atoms with Gasteiger partial charge in [-0.1, -0.05) is 35.3 Å². The Morgan fingerprint density at radius 2 is 2.11 bits per heavy atom. The van der Waals surface area contributed by atoms with Crippen LogP contribution < -0.4 is 5.73 Å². The summed E-state index contributed by atoms with van der Waals surface area (Å²) in [5.74, 6) is 0.00163. The SMILES string of the molecule is Cc1c(Cl)cnn1Cc1ccc(C(=N)N)cc1Cl. The van der Waals surface area contributed by atoms with Gasteiger partial charge in [-0.2, -0.15) is 5.10 Å². The van der Waals surface area contributed by atoms with E-state index in [4.69, 9.17) is 34.3 Å². The Kier molecular flexibility index (Phi) is 3.59. The van der Waals surface area contributed by atoms with Crippen LogP contribution in [0.3, 0.4) is 0 Å². The molecule has 0 atom stereocenters. The molecule has 0 radical (unpaired) electrons. The van der Waals surface area contributed by atoms with E-state index in [1.54, 1.807) is 23.0 Å². The van der Waals surface area contributed by atoms with E-state index >= 15 is 0 Å². The third-order valence-electron chi connectivity index (χ3n) is 2.73. The zero-order valence-electron chi connectivity index (χ0n) is 9.74. The lowest BCUT2D eigenvalue weighted by Gasteiger charge is -2.08. The van der Waals surface area contributed by atoms with Crippen LogP contribution in [0.1, 0.15) is 16.8 Å². The zero-order valence-corrected chi connectivity index (χ0v) is 11.3. The fourth-order valence-electron chi connectivity index (χ4n) is 1.59. The zero-order chi connectivity index (χ0) is 13.3. The molecule has 0 aliphatic carbocycles. The summed E-state index contributed by atoms with van der Waals surface area (Å²) >= 11 is 12.1. The van der Waals surface area contributed by atoms with Gasteiger partial charge in [-0.05, 0) is 18.6 Å². The van der Waals surface area contributed by atoms with Crippen LogP contribution in [0.2, 0.25) is 10.0 Å². The molecule has 6 heteroatoms. The number of nitrogens with two attached hydrogens (primary N) is 1. The Hall–Kier alpha value is -1.52. The summed E-state index contributed by atoms with van der Waals surface area (Å²) in [5.41, 5.74) is 7.81. The highest BCUT2D eigenvalue weighted by Gasteiger charge is 2.08. The first-order valence-corrected chi connectivity index (χ1v) is 6.05. The average molecular weight is 283 g/mol. The third-order valence-corrected chi connectivity index (χ3v) is 3.45. The third kappa shape index (κ3) is 2.49. The predicted octanol–water partition coefficient (Wildman–Crippen LogP) is 2.83. The predicted molar refractivity (Wildman–Crippen MR) is 73.5 cm³/mol. The molecule has 18 heavy (non-hydrogen) atoms. The first-order chi connectivity index (χ1) is 8.49. The van der Waals surface area contributed by atoms with Crippen molar-refractivity contribution in [2.75, 3.05) is 0 Å². The van der Waals surface area contributed by atoms with Crippen LogP contribution >= 0.6 is 23.2 Å². The Morgan fingerprint density at radius 1 is 1.39 bits per heavy atom. The van der Waals surface area contributed by atoms with Crippen molar-refractivity contribution in [2.24, 2.45) is 5.73 Å². The largest absolute Gasteiger partial charge is 0.384 e. The van der Waals surface area contributed by atoms with E-state index in [-0.39, 0.29) is 5.84 Å². The fourth-order valence-corrected chi connectivity index (χ4v) is 1.97. The lowest BCUT2D eigenvalue weighted by Crippen LogP contribution is -2.11.